The van der Waals surface area contributed by atoms with Crippen LogP contribution in [0.1, 0.15) is 61.4 Å². The molecule has 244 valence electrons. The number of Topliss-reactive ketones (excluding diaryl/α,β-unsaturated/α-hetero) is 1. The molecule has 3 heterocycles. The normalized spacial score (nSPS) is 18.3. The summed E-state index contributed by atoms with van der Waals surface area (Å²) >= 11 is 2.78. The van der Waals surface area contributed by atoms with Gasteiger partial charge in [0.1, 0.15) is 23.4 Å². The van der Waals surface area contributed by atoms with Gasteiger partial charge in [-0.05, 0) is 71.1 Å². The molecule has 48 heavy (non-hydrogen) atoms. The number of anilines is 1. The van der Waals surface area contributed by atoms with Crippen molar-refractivity contribution in [3.05, 3.63) is 113 Å². The van der Waals surface area contributed by atoms with Crippen molar-refractivity contribution in [2.45, 2.75) is 61.8 Å². The summed E-state index contributed by atoms with van der Waals surface area (Å²) in [4.78, 5) is 29.0. The van der Waals surface area contributed by atoms with Crippen molar-refractivity contribution < 1.29 is 24.2 Å². The van der Waals surface area contributed by atoms with Crippen LogP contribution in [0.4, 0.5) is 5.13 Å². The van der Waals surface area contributed by atoms with Crippen molar-refractivity contribution in [2.24, 2.45) is 0 Å². The lowest BCUT2D eigenvalue weighted by Crippen LogP contribution is -2.29. The lowest BCUT2D eigenvalue weighted by Gasteiger charge is -2.23. The molecule has 2 atom stereocenters. The Hall–Kier alpha value is -4.67. The molecule has 10 heteroatoms. The first kappa shape index (κ1) is 31.9. The maximum absolute atomic E-state index is 13.8. The number of nitrogens with zero attached hydrogens (tertiary/aromatic N) is 3. The zero-order valence-electron chi connectivity index (χ0n) is 26.7. The van der Waals surface area contributed by atoms with E-state index in [2.05, 4.69) is 41.4 Å². The zero-order chi connectivity index (χ0) is 33.2. The number of aromatic nitrogens is 2. The minimum atomic E-state index is -0.934. The number of rotatable bonds is 11. The molecule has 1 aromatic heterocycles. The number of carbonyl (C=O) groups is 2. The Kier molecular flexibility index (Phi) is 9.19. The Morgan fingerprint density at radius 2 is 1.85 bits per heavy atom. The van der Waals surface area contributed by atoms with Gasteiger partial charge in [-0.15, -0.1) is 10.2 Å². The molecule has 1 fully saturated rings. The molecular formula is C38H35N3O5S2. The number of aliphatic hydroxyl groups is 1. The molecular weight excluding hydrogens is 643 g/mol. The Balaban J connectivity index is 1.24. The Labute approximate surface area is 287 Å². The molecule has 0 bridgehead atoms. The number of unbranched alkanes of at least 4 members (excludes halogenated alkanes) is 2. The number of fused-ring (bicyclic) bond motifs is 2. The quantitative estimate of drug-likeness (QED) is 0.0371. The fourth-order valence-corrected chi connectivity index (χ4v) is 8.17. The summed E-state index contributed by atoms with van der Waals surface area (Å²) in [6.45, 7) is 4.68. The van der Waals surface area contributed by atoms with Crippen molar-refractivity contribution in [2.75, 3.05) is 11.5 Å². The van der Waals surface area contributed by atoms with E-state index >= 15 is 0 Å². The lowest BCUT2D eigenvalue weighted by molar-refractivity contribution is -0.132. The zero-order valence-corrected chi connectivity index (χ0v) is 28.4. The summed E-state index contributed by atoms with van der Waals surface area (Å²) in [7, 11) is 0. The highest BCUT2D eigenvalue weighted by molar-refractivity contribution is 8.00. The van der Waals surface area contributed by atoms with E-state index in [1.165, 1.54) is 44.3 Å². The largest absolute Gasteiger partial charge is 0.507 e. The minimum absolute atomic E-state index is 0.00444. The van der Waals surface area contributed by atoms with Gasteiger partial charge in [-0.1, -0.05) is 97.5 Å². The number of ketones is 1. The molecule has 2 aliphatic heterocycles. The number of amides is 1. The van der Waals surface area contributed by atoms with Gasteiger partial charge in [-0.2, -0.15) is 0 Å². The highest BCUT2D eigenvalue weighted by Crippen LogP contribution is 2.45. The second-order valence-corrected chi connectivity index (χ2v) is 14.2. The van der Waals surface area contributed by atoms with Gasteiger partial charge >= 0.3 is 5.91 Å². The van der Waals surface area contributed by atoms with Gasteiger partial charge in [0.05, 0.1) is 18.2 Å². The van der Waals surface area contributed by atoms with Crippen molar-refractivity contribution >= 4 is 56.5 Å². The number of ether oxygens (including phenoxy) is 2. The van der Waals surface area contributed by atoms with E-state index in [9.17, 15) is 14.7 Å². The second kappa shape index (κ2) is 13.8. The van der Waals surface area contributed by atoms with Crippen molar-refractivity contribution in [3.8, 4) is 11.5 Å². The maximum Gasteiger partial charge on any atom is 0.301 e. The third-order valence-corrected chi connectivity index (χ3v) is 10.7. The van der Waals surface area contributed by atoms with Crippen LogP contribution in [-0.2, 0) is 21.8 Å². The van der Waals surface area contributed by atoms with Crippen molar-refractivity contribution in [1.82, 2.24) is 10.2 Å². The standard InChI is InChI=1S/C38H35N3O5S2/c1-3-4-7-18-45-29-14-9-12-25(21-29)33-32(34(42)26-16-17-31-28(20-26)19-23(2)46-31)35(43)36(44)41(33)37-39-40-38(48-37)47-22-27-13-8-11-24-10-5-6-15-30(24)27/h5-6,8-17,20-21,23,33,42H,3-4,7,18-19,22H2,1-2H3/b34-32+/t23-,33+/m1/s1. The third-order valence-electron chi connectivity index (χ3n) is 8.64. The molecule has 0 aliphatic carbocycles. The van der Waals surface area contributed by atoms with Gasteiger partial charge in [0.25, 0.3) is 5.78 Å². The fraction of sp³-hybridized carbons (Fsp3) is 0.263. The van der Waals surface area contributed by atoms with Crippen molar-refractivity contribution in [3.63, 3.8) is 0 Å². The average molecular weight is 678 g/mol. The predicted molar refractivity (Wildman–Crippen MR) is 190 cm³/mol. The highest BCUT2D eigenvalue weighted by atomic mass is 32.2. The first-order chi connectivity index (χ1) is 23.4. The molecule has 0 unspecified atom stereocenters. The van der Waals surface area contributed by atoms with Crippen LogP contribution in [0.5, 0.6) is 11.5 Å². The van der Waals surface area contributed by atoms with E-state index in [0.29, 0.717) is 40.0 Å². The van der Waals surface area contributed by atoms with Crippen LogP contribution in [-0.4, -0.2) is 39.7 Å². The van der Waals surface area contributed by atoms with Gasteiger partial charge in [0, 0.05) is 17.7 Å². The van der Waals surface area contributed by atoms with Gasteiger partial charge in [-0.3, -0.25) is 14.5 Å². The summed E-state index contributed by atoms with van der Waals surface area (Å²) in [5.74, 6) is 0.254. The molecule has 7 rings (SSSR count). The number of benzene rings is 4. The first-order valence-electron chi connectivity index (χ1n) is 16.2. The van der Waals surface area contributed by atoms with E-state index < -0.39 is 17.7 Å². The van der Waals surface area contributed by atoms with Gasteiger partial charge in [-0.25, -0.2) is 0 Å². The molecule has 4 aromatic carbocycles. The second-order valence-electron chi connectivity index (χ2n) is 12.0. The average Bonchev–Trinajstić information content (AvgIpc) is 3.80. The summed E-state index contributed by atoms with van der Waals surface area (Å²) in [6.07, 6.45) is 3.77. The number of aliphatic hydroxyl groups excluding tert-OH is 1. The summed E-state index contributed by atoms with van der Waals surface area (Å²) in [5.41, 5.74) is 3.18. The lowest BCUT2D eigenvalue weighted by atomic mass is 9.94. The van der Waals surface area contributed by atoms with Crippen LogP contribution in [0.2, 0.25) is 0 Å². The van der Waals surface area contributed by atoms with Crippen LogP contribution in [0.15, 0.2) is 94.8 Å². The minimum Gasteiger partial charge on any atom is -0.507 e. The maximum atomic E-state index is 13.8. The van der Waals surface area contributed by atoms with Crippen LogP contribution < -0.4 is 14.4 Å². The summed E-state index contributed by atoms with van der Waals surface area (Å²) < 4.78 is 12.6. The van der Waals surface area contributed by atoms with E-state index in [4.69, 9.17) is 9.47 Å². The summed E-state index contributed by atoms with van der Waals surface area (Å²) in [6, 6.07) is 26.2. The number of carbonyl (C=O) groups excluding carboxylic acids is 2. The SMILES string of the molecule is CCCCCOc1cccc([C@H]2/C(=C(\O)c3ccc4c(c3)C[C@@H](C)O4)C(=O)C(=O)N2c2nnc(SCc3cccc4ccccc34)s2)c1. The van der Waals surface area contributed by atoms with E-state index in [1.54, 1.807) is 12.1 Å². The number of hydrogen-bond acceptors (Lipinski definition) is 9. The van der Waals surface area contributed by atoms with Crippen molar-refractivity contribution in [1.29, 1.82) is 0 Å². The summed E-state index contributed by atoms with van der Waals surface area (Å²) in [5, 5.41) is 23.2. The number of thioether (sulfide) groups is 1. The third kappa shape index (κ3) is 6.30. The smallest absolute Gasteiger partial charge is 0.301 e. The topological polar surface area (TPSA) is 102 Å². The molecule has 1 saturated heterocycles. The molecule has 0 spiro atoms. The van der Waals surface area contributed by atoms with E-state index in [-0.39, 0.29) is 22.6 Å². The van der Waals surface area contributed by atoms with E-state index in [1.807, 2.05) is 55.5 Å². The van der Waals surface area contributed by atoms with Crippen LogP contribution in [0, 0.1) is 0 Å². The van der Waals surface area contributed by atoms with Crippen LogP contribution in [0.3, 0.4) is 0 Å². The van der Waals surface area contributed by atoms with Gasteiger partial charge < -0.3 is 14.6 Å². The van der Waals surface area contributed by atoms with Crippen LogP contribution >= 0.6 is 23.1 Å². The van der Waals surface area contributed by atoms with Gasteiger partial charge in [0.2, 0.25) is 5.13 Å². The van der Waals surface area contributed by atoms with E-state index in [0.717, 1.165) is 30.6 Å². The molecule has 0 radical (unpaired) electrons. The first-order valence-corrected chi connectivity index (χ1v) is 18.0. The monoisotopic (exact) mass is 677 g/mol. The molecule has 0 saturated carbocycles. The molecule has 2 aliphatic rings. The fourth-order valence-electron chi connectivity index (χ4n) is 6.30. The molecule has 1 amide bonds. The Bertz CT molecular complexity index is 2030. The number of hydrogen-bond donors (Lipinski definition) is 1. The Morgan fingerprint density at radius 3 is 2.73 bits per heavy atom. The molecule has 5 aromatic rings. The predicted octanol–water partition coefficient (Wildman–Crippen LogP) is 8.50. The molecule has 8 nitrogen and oxygen atoms in total. The molecule has 1 N–H and O–H groups in total. The highest BCUT2D eigenvalue weighted by Gasteiger charge is 2.48. The van der Waals surface area contributed by atoms with Gasteiger partial charge in [0.15, 0.2) is 4.34 Å². The van der Waals surface area contributed by atoms with Crippen LogP contribution in [0.25, 0.3) is 16.5 Å². The Morgan fingerprint density at radius 1 is 1.02 bits per heavy atom.